The molecule has 1 aliphatic rings. The van der Waals surface area contributed by atoms with Gasteiger partial charge in [0, 0.05) is 27.2 Å². The Morgan fingerprint density at radius 3 is 2.73 bits per heavy atom. The van der Waals surface area contributed by atoms with Crippen molar-refractivity contribution in [3.63, 3.8) is 0 Å². The van der Waals surface area contributed by atoms with Gasteiger partial charge in [0.1, 0.15) is 6.61 Å². The predicted molar refractivity (Wildman–Crippen MR) is 107 cm³/mol. The zero-order valence-corrected chi connectivity index (χ0v) is 17.3. The van der Waals surface area contributed by atoms with Crippen molar-refractivity contribution in [3.8, 4) is 0 Å². The Kier molecular flexibility index (Phi) is 9.38. The maximum Gasteiger partial charge on any atom is 0.411 e. The van der Waals surface area contributed by atoms with Crippen molar-refractivity contribution >= 4 is 11.9 Å². The number of ether oxygens (including phenoxy) is 2. The molecule has 1 fully saturated rings. The van der Waals surface area contributed by atoms with E-state index in [0.717, 1.165) is 25.0 Å². The fraction of sp³-hybridized carbons (Fsp3) is 0.600. The summed E-state index contributed by atoms with van der Waals surface area (Å²) >= 11 is 0. The van der Waals surface area contributed by atoms with Crippen LogP contribution in [-0.2, 0) is 27.4 Å². The fourth-order valence-corrected chi connectivity index (χ4v) is 2.78. The molecule has 1 atom stereocenters. The third-order valence-electron chi connectivity index (χ3n) is 4.37. The first kappa shape index (κ1) is 23.9. The third kappa shape index (κ3) is 9.45. The molecule has 1 unspecified atom stereocenters. The number of carbonyl (C=O) groups is 1. The molecule has 1 heterocycles. The van der Waals surface area contributed by atoms with E-state index in [2.05, 4.69) is 15.6 Å². The maximum absolute atomic E-state index is 12.2. The topological polar surface area (TPSA) is 75.2 Å². The molecule has 1 saturated heterocycles. The number of nitrogens with one attached hydrogen (secondary N) is 2. The molecule has 2 rings (SSSR count). The summed E-state index contributed by atoms with van der Waals surface area (Å²) in [5.74, 6) is 0.379. The number of hydrogen-bond donors (Lipinski definition) is 2. The van der Waals surface area contributed by atoms with E-state index in [-0.39, 0.29) is 25.2 Å². The Hall–Kier alpha value is -2.33. The molecule has 0 saturated carbocycles. The molecule has 168 valence electrons. The summed E-state index contributed by atoms with van der Waals surface area (Å²) in [5, 5.41) is 6.19. The van der Waals surface area contributed by atoms with Crippen molar-refractivity contribution in [1.29, 1.82) is 0 Å². The largest absolute Gasteiger partial charge is 0.411 e. The van der Waals surface area contributed by atoms with E-state index in [1.54, 1.807) is 32.3 Å². The van der Waals surface area contributed by atoms with E-state index in [1.807, 2.05) is 6.07 Å². The van der Waals surface area contributed by atoms with E-state index in [4.69, 9.17) is 9.47 Å². The Bertz CT molecular complexity index is 705. The molecule has 0 aliphatic carbocycles. The lowest BCUT2D eigenvalue weighted by molar-refractivity contribution is -0.176. The van der Waals surface area contributed by atoms with Gasteiger partial charge in [-0.1, -0.05) is 24.3 Å². The number of guanidine groups is 1. The van der Waals surface area contributed by atoms with Crippen molar-refractivity contribution in [1.82, 2.24) is 15.5 Å². The average Bonchev–Trinajstić information content (AvgIpc) is 3.20. The normalized spacial score (nSPS) is 17.1. The Morgan fingerprint density at radius 1 is 1.30 bits per heavy atom. The summed E-state index contributed by atoms with van der Waals surface area (Å²) in [6.45, 7) is 0.301. The van der Waals surface area contributed by atoms with Crippen molar-refractivity contribution in [2.45, 2.75) is 38.3 Å². The van der Waals surface area contributed by atoms with Crippen LogP contribution >= 0.6 is 0 Å². The van der Waals surface area contributed by atoms with Gasteiger partial charge in [-0.3, -0.25) is 4.79 Å². The summed E-state index contributed by atoms with van der Waals surface area (Å²) in [7, 11) is 3.35. The molecule has 0 radical (unpaired) electrons. The fourth-order valence-electron chi connectivity index (χ4n) is 2.78. The highest BCUT2D eigenvalue weighted by molar-refractivity contribution is 5.86. The standard InChI is InChI=1S/C20H29F3N4O3/c1-27(2)18(28)12-26-19(25-11-17-7-4-8-30-17)24-10-15-5-3-6-16(9-15)13-29-14-20(21,22)23/h3,5-6,9,17H,4,7-8,10-14H2,1-2H3,(H2,24,25,26). The van der Waals surface area contributed by atoms with Crippen LogP contribution in [-0.4, -0.2) is 69.4 Å². The third-order valence-corrected chi connectivity index (χ3v) is 4.37. The van der Waals surface area contributed by atoms with Crippen LogP contribution in [0.5, 0.6) is 0 Å². The molecule has 10 heteroatoms. The van der Waals surface area contributed by atoms with Crippen LogP contribution in [0.2, 0.25) is 0 Å². The lowest BCUT2D eigenvalue weighted by atomic mass is 10.1. The van der Waals surface area contributed by atoms with Crippen molar-refractivity contribution in [3.05, 3.63) is 35.4 Å². The maximum atomic E-state index is 12.2. The highest BCUT2D eigenvalue weighted by atomic mass is 19.4. The van der Waals surface area contributed by atoms with Gasteiger partial charge >= 0.3 is 6.18 Å². The van der Waals surface area contributed by atoms with Gasteiger partial charge in [0.05, 0.1) is 25.8 Å². The molecule has 0 spiro atoms. The van der Waals surface area contributed by atoms with E-state index in [1.165, 1.54) is 4.90 Å². The number of likely N-dealkylation sites (N-methyl/N-ethyl adjacent to an activating group) is 1. The van der Waals surface area contributed by atoms with Gasteiger partial charge in [-0.05, 0) is 24.0 Å². The number of alkyl halides is 3. The van der Waals surface area contributed by atoms with Crippen LogP contribution in [0.15, 0.2) is 29.3 Å². The highest BCUT2D eigenvalue weighted by Crippen LogP contribution is 2.16. The van der Waals surface area contributed by atoms with Gasteiger partial charge in [-0.2, -0.15) is 13.2 Å². The minimum absolute atomic E-state index is 0.0922. The highest BCUT2D eigenvalue weighted by Gasteiger charge is 2.27. The van der Waals surface area contributed by atoms with E-state index >= 15 is 0 Å². The van der Waals surface area contributed by atoms with E-state index in [0.29, 0.717) is 24.6 Å². The first-order valence-corrected chi connectivity index (χ1v) is 9.79. The van der Waals surface area contributed by atoms with Crippen LogP contribution in [0.1, 0.15) is 24.0 Å². The molecular weight excluding hydrogens is 401 g/mol. The SMILES string of the molecule is CN(C)C(=O)CNC(=NCc1cccc(COCC(F)(F)F)c1)NCC1CCCO1. The molecule has 7 nitrogen and oxygen atoms in total. The number of halogens is 3. The Balaban J connectivity index is 1.94. The lowest BCUT2D eigenvalue weighted by Gasteiger charge is -2.17. The molecule has 2 N–H and O–H groups in total. The smallest absolute Gasteiger partial charge is 0.376 e. The molecule has 0 bridgehead atoms. The van der Waals surface area contributed by atoms with Gasteiger partial charge in [-0.25, -0.2) is 4.99 Å². The minimum atomic E-state index is -4.35. The van der Waals surface area contributed by atoms with Crippen LogP contribution < -0.4 is 10.6 Å². The van der Waals surface area contributed by atoms with Gasteiger partial charge < -0.3 is 25.0 Å². The molecule has 1 amide bonds. The Morgan fingerprint density at radius 2 is 2.07 bits per heavy atom. The minimum Gasteiger partial charge on any atom is -0.376 e. The summed E-state index contributed by atoms with van der Waals surface area (Å²) in [6, 6.07) is 7.04. The molecule has 1 aromatic rings. The Labute approximate surface area is 174 Å². The van der Waals surface area contributed by atoms with Crippen molar-refractivity contribution in [2.75, 3.05) is 40.4 Å². The molecule has 1 aromatic carbocycles. The quantitative estimate of drug-likeness (QED) is 0.464. The first-order valence-electron chi connectivity index (χ1n) is 9.79. The van der Waals surface area contributed by atoms with Gasteiger partial charge in [0.15, 0.2) is 5.96 Å². The second-order valence-electron chi connectivity index (χ2n) is 7.25. The number of carbonyl (C=O) groups excluding carboxylic acids is 1. The summed E-state index contributed by atoms with van der Waals surface area (Å²) < 4.78 is 47.0. The summed E-state index contributed by atoms with van der Waals surface area (Å²) in [6.07, 6.45) is -2.25. The molecular formula is C20H29F3N4O3. The number of amides is 1. The zero-order chi connectivity index (χ0) is 22.0. The summed E-state index contributed by atoms with van der Waals surface area (Å²) in [5.41, 5.74) is 1.46. The molecule has 0 aromatic heterocycles. The number of benzene rings is 1. The van der Waals surface area contributed by atoms with Gasteiger partial charge in [0.25, 0.3) is 0 Å². The number of hydrogen-bond acceptors (Lipinski definition) is 4. The number of nitrogens with zero attached hydrogens (tertiary/aromatic N) is 2. The van der Waals surface area contributed by atoms with Gasteiger partial charge in [0.2, 0.25) is 5.91 Å². The zero-order valence-electron chi connectivity index (χ0n) is 17.3. The molecule has 30 heavy (non-hydrogen) atoms. The van der Waals surface area contributed by atoms with E-state index < -0.39 is 12.8 Å². The average molecular weight is 430 g/mol. The van der Waals surface area contributed by atoms with Crippen LogP contribution in [0.3, 0.4) is 0 Å². The lowest BCUT2D eigenvalue weighted by Crippen LogP contribution is -2.45. The number of rotatable bonds is 9. The molecule has 1 aliphatic heterocycles. The predicted octanol–water partition coefficient (Wildman–Crippen LogP) is 2.07. The van der Waals surface area contributed by atoms with Crippen LogP contribution in [0, 0.1) is 0 Å². The first-order chi connectivity index (χ1) is 14.2. The van der Waals surface area contributed by atoms with Gasteiger partial charge in [-0.15, -0.1) is 0 Å². The van der Waals surface area contributed by atoms with Crippen molar-refractivity contribution in [2.24, 2.45) is 4.99 Å². The van der Waals surface area contributed by atoms with Crippen molar-refractivity contribution < 1.29 is 27.4 Å². The second kappa shape index (κ2) is 11.8. The number of aliphatic imine (C=N–C) groups is 1. The summed E-state index contributed by atoms with van der Waals surface area (Å²) in [4.78, 5) is 17.8. The monoisotopic (exact) mass is 430 g/mol. The second-order valence-corrected chi connectivity index (χ2v) is 7.25. The van der Waals surface area contributed by atoms with Crippen LogP contribution in [0.4, 0.5) is 13.2 Å². The van der Waals surface area contributed by atoms with E-state index in [9.17, 15) is 18.0 Å². The van der Waals surface area contributed by atoms with Crippen LogP contribution in [0.25, 0.3) is 0 Å².